The third kappa shape index (κ3) is 4.60. The number of carbonyl (C=O) groups is 2. The minimum atomic E-state index is -0.333. The third-order valence-corrected chi connectivity index (χ3v) is 5.42. The highest BCUT2D eigenvalue weighted by Gasteiger charge is 2.19. The van der Waals surface area contributed by atoms with Crippen LogP contribution < -0.4 is 5.32 Å². The van der Waals surface area contributed by atoms with E-state index in [9.17, 15) is 9.59 Å². The molecule has 3 aromatic rings. The van der Waals surface area contributed by atoms with Crippen molar-refractivity contribution in [3.8, 4) is 0 Å². The van der Waals surface area contributed by atoms with E-state index in [4.69, 9.17) is 0 Å². The fourth-order valence-electron chi connectivity index (χ4n) is 3.87. The van der Waals surface area contributed by atoms with Crippen molar-refractivity contribution in [1.29, 1.82) is 0 Å². The van der Waals surface area contributed by atoms with E-state index in [0.717, 1.165) is 30.5 Å². The topological polar surface area (TPSA) is 59.1 Å². The minimum absolute atomic E-state index is 0.0175. The first-order chi connectivity index (χ1) is 14.2. The second-order valence-electron chi connectivity index (χ2n) is 7.43. The van der Waals surface area contributed by atoms with Crippen LogP contribution in [0.15, 0.2) is 72.9 Å². The van der Waals surface area contributed by atoms with Crippen LogP contribution in [0.3, 0.4) is 0 Å². The average molecular weight is 384 g/mol. The predicted molar refractivity (Wildman–Crippen MR) is 113 cm³/mol. The van der Waals surface area contributed by atoms with Crippen LogP contribution in [-0.4, -0.2) is 16.7 Å². The van der Waals surface area contributed by atoms with Crippen molar-refractivity contribution in [3.63, 3.8) is 0 Å². The Labute approximate surface area is 171 Å². The molecule has 0 bridgehead atoms. The molecule has 4 nitrogen and oxygen atoms in total. The Bertz CT molecular complexity index is 960. The second-order valence-corrected chi connectivity index (χ2v) is 7.43. The van der Waals surface area contributed by atoms with Crippen LogP contribution in [-0.2, 0) is 17.6 Å². The van der Waals surface area contributed by atoms with Crippen LogP contribution in [0.2, 0.25) is 0 Å². The summed E-state index contributed by atoms with van der Waals surface area (Å²) in [6.45, 7) is 0. The molecule has 0 aliphatic heterocycles. The van der Waals surface area contributed by atoms with Gasteiger partial charge in [0.05, 0.1) is 11.7 Å². The van der Waals surface area contributed by atoms with Crippen LogP contribution in [0.4, 0.5) is 0 Å². The number of aromatic nitrogens is 1. The second kappa shape index (κ2) is 8.82. The number of hydrogen-bond donors (Lipinski definition) is 1. The molecule has 1 aromatic heterocycles. The largest absolute Gasteiger partial charge is 0.344 e. The number of Topliss-reactive ketones (excluding diaryl/α,β-unsaturated/α-hetero) is 1. The van der Waals surface area contributed by atoms with Gasteiger partial charge in [-0.15, -0.1) is 0 Å². The molecule has 1 atom stereocenters. The Morgan fingerprint density at radius 2 is 1.69 bits per heavy atom. The molecule has 1 N–H and O–H groups in total. The van der Waals surface area contributed by atoms with Gasteiger partial charge in [0.15, 0.2) is 5.78 Å². The van der Waals surface area contributed by atoms with Gasteiger partial charge in [-0.2, -0.15) is 0 Å². The SMILES string of the molecule is O=C(CCC(=O)c1ccc2c(c1)CCC2)NC(c1ccccc1)c1ccccn1. The highest BCUT2D eigenvalue weighted by molar-refractivity contribution is 5.98. The smallest absolute Gasteiger partial charge is 0.221 e. The van der Waals surface area contributed by atoms with Crippen molar-refractivity contribution in [1.82, 2.24) is 10.3 Å². The number of nitrogens with one attached hydrogen (secondary N) is 1. The molecule has 0 radical (unpaired) electrons. The summed E-state index contributed by atoms with van der Waals surface area (Å²) in [4.78, 5) is 29.6. The number of aryl methyl sites for hydroxylation is 2. The fraction of sp³-hybridized carbons (Fsp3) is 0.240. The summed E-state index contributed by atoms with van der Waals surface area (Å²) in [6, 6.07) is 21.0. The van der Waals surface area contributed by atoms with Crippen molar-refractivity contribution in [3.05, 3.63) is 101 Å². The molecule has 0 fully saturated rings. The number of nitrogens with zero attached hydrogens (tertiary/aromatic N) is 1. The maximum Gasteiger partial charge on any atom is 0.221 e. The molecule has 2 aromatic carbocycles. The fourth-order valence-corrected chi connectivity index (χ4v) is 3.87. The first kappa shape index (κ1) is 19.1. The summed E-state index contributed by atoms with van der Waals surface area (Å²) >= 11 is 0. The van der Waals surface area contributed by atoms with Gasteiger partial charge >= 0.3 is 0 Å². The van der Waals surface area contributed by atoms with Crippen molar-refractivity contribution in [2.75, 3.05) is 0 Å². The minimum Gasteiger partial charge on any atom is -0.344 e. The summed E-state index contributed by atoms with van der Waals surface area (Å²) in [7, 11) is 0. The zero-order chi connectivity index (χ0) is 20.1. The van der Waals surface area contributed by atoms with Crippen LogP contribution in [0.1, 0.15) is 58.0 Å². The number of ketones is 1. The number of rotatable bonds is 7. The molecule has 1 heterocycles. The molecule has 1 aliphatic rings. The summed E-state index contributed by atoms with van der Waals surface area (Å²) in [5.41, 5.74) is 5.07. The van der Waals surface area contributed by atoms with Gasteiger partial charge in [0.2, 0.25) is 5.91 Å². The lowest BCUT2D eigenvalue weighted by atomic mass is 10.0. The summed E-state index contributed by atoms with van der Waals surface area (Å²) in [5, 5.41) is 3.04. The normalized spacial score (nSPS) is 13.5. The van der Waals surface area contributed by atoms with Crippen LogP contribution >= 0.6 is 0 Å². The Balaban J connectivity index is 1.41. The van der Waals surface area contributed by atoms with Crippen LogP contribution in [0, 0.1) is 0 Å². The monoisotopic (exact) mass is 384 g/mol. The Kier molecular flexibility index (Phi) is 5.80. The van der Waals surface area contributed by atoms with Gasteiger partial charge in [0, 0.05) is 24.6 Å². The molecule has 29 heavy (non-hydrogen) atoms. The van der Waals surface area contributed by atoms with Crippen molar-refractivity contribution >= 4 is 11.7 Å². The van der Waals surface area contributed by atoms with Gasteiger partial charge in [-0.3, -0.25) is 14.6 Å². The number of hydrogen-bond acceptors (Lipinski definition) is 3. The van der Waals surface area contributed by atoms with Gasteiger partial charge in [0.1, 0.15) is 0 Å². The van der Waals surface area contributed by atoms with Gasteiger partial charge in [-0.25, -0.2) is 0 Å². The Morgan fingerprint density at radius 1 is 0.897 bits per heavy atom. The van der Waals surface area contributed by atoms with E-state index >= 15 is 0 Å². The highest BCUT2D eigenvalue weighted by atomic mass is 16.2. The van der Waals surface area contributed by atoms with Gasteiger partial charge in [-0.1, -0.05) is 48.5 Å². The molecule has 0 saturated carbocycles. The van der Waals surface area contributed by atoms with Crippen molar-refractivity contribution in [2.45, 2.75) is 38.1 Å². The first-order valence-electron chi connectivity index (χ1n) is 10.1. The molecule has 4 heteroatoms. The van der Waals surface area contributed by atoms with Gasteiger partial charge in [-0.05, 0) is 54.2 Å². The standard InChI is InChI=1S/C25H24N2O2/c28-23(21-13-12-18-9-6-10-20(18)17-21)14-15-24(29)27-25(19-7-2-1-3-8-19)22-11-4-5-16-26-22/h1-5,7-8,11-13,16-17,25H,6,9-10,14-15H2,(H,27,29). The number of amides is 1. The molecule has 146 valence electrons. The average Bonchev–Trinajstić information content (AvgIpc) is 3.25. The molecule has 0 spiro atoms. The zero-order valence-corrected chi connectivity index (χ0v) is 16.3. The number of carbonyl (C=O) groups excluding carboxylic acids is 2. The summed E-state index contributed by atoms with van der Waals surface area (Å²) in [6.07, 6.45) is 5.37. The van der Waals surface area contributed by atoms with E-state index in [1.165, 1.54) is 11.1 Å². The van der Waals surface area contributed by atoms with E-state index < -0.39 is 0 Å². The predicted octanol–water partition coefficient (Wildman–Crippen LogP) is 4.44. The third-order valence-electron chi connectivity index (χ3n) is 5.42. The van der Waals surface area contributed by atoms with E-state index in [-0.39, 0.29) is 30.6 Å². The number of pyridine rings is 1. The van der Waals surface area contributed by atoms with E-state index in [1.54, 1.807) is 6.20 Å². The highest BCUT2D eigenvalue weighted by Crippen LogP contribution is 2.24. The van der Waals surface area contributed by atoms with Crippen molar-refractivity contribution in [2.24, 2.45) is 0 Å². The number of fused-ring (bicyclic) bond motifs is 1. The maximum absolute atomic E-state index is 12.6. The van der Waals surface area contributed by atoms with Gasteiger partial charge in [0.25, 0.3) is 0 Å². The number of benzene rings is 2. The van der Waals surface area contributed by atoms with Crippen LogP contribution in [0.25, 0.3) is 0 Å². The van der Waals surface area contributed by atoms with Crippen molar-refractivity contribution < 1.29 is 9.59 Å². The lowest BCUT2D eigenvalue weighted by Crippen LogP contribution is -2.30. The lowest BCUT2D eigenvalue weighted by molar-refractivity contribution is -0.121. The lowest BCUT2D eigenvalue weighted by Gasteiger charge is -2.19. The first-order valence-corrected chi connectivity index (χ1v) is 10.1. The Morgan fingerprint density at radius 3 is 2.48 bits per heavy atom. The maximum atomic E-state index is 12.6. The van der Waals surface area contributed by atoms with E-state index in [0.29, 0.717) is 5.56 Å². The zero-order valence-electron chi connectivity index (χ0n) is 16.3. The van der Waals surface area contributed by atoms with Gasteiger partial charge < -0.3 is 5.32 Å². The van der Waals surface area contributed by atoms with E-state index in [1.807, 2.05) is 60.7 Å². The Hall–Kier alpha value is -3.27. The molecule has 4 rings (SSSR count). The quantitative estimate of drug-likeness (QED) is 0.613. The summed E-state index contributed by atoms with van der Waals surface area (Å²) < 4.78 is 0. The van der Waals surface area contributed by atoms with E-state index in [2.05, 4.69) is 16.4 Å². The molecular formula is C25H24N2O2. The summed E-state index contributed by atoms with van der Waals surface area (Å²) in [5.74, 6) is -0.136. The molecule has 0 saturated heterocycles. The molecular weight excluding hydrogens is 360 g/mol. The molecule has 1 unspecified atom stereocenters. The molecule has 1 amide bonds. The van der Waals surface area contributed by atoms with Crippen LogP contribution in [0.5, 0.6) is 0 Å². The molecule has 1 aliphatic carbocycles.